The Kier molecular flexibility index (Phi) is 8.31. The Labute approximate surface area is 231 Å². The van der Waals surface area contributed by atoms with Crippen LogP contribution in [0.4, 0.5) is 0 Å². The molecule has 1 aromatic heterocycles. The first-order valence-corrected chi connectivity index (χ1v) is 16.1. The molecule has 0 radical (unpaired) electrons. The molecule has 12 heteroatoms. The van der Waals surface area contributed by atoms with E-state index in [-0.39, 0.29) is 17.3 Å². The second-order valence-corrected chi connectivity index (χ2v) is 14.0. The minimum atomic E-state index is -4.10. The zero-order valence-electron chi connectivity index (χ0n) is 21.2. The molecular weight excluding hydrogens is 559 g/mol. The summed E-state index contributed by atoms with van der Waals surface area (Å²) >= 11 is 1.09. The lowest BCUT2D eigenvalue weighted by Crippen LogP contribution is -2.37. The number of aromatic nitrogens is 1. The van der Waals surface area contributed by atoms with Gasteiger partial charge >= 0.3 is 0 Å². The monoisotopic (exact) mass is 585 g/mol. The summed E-state index contributed by atoms with van der Waals surface area (Å²) in [4.78, 5) is 29.4. The number of hydrogen-bond donors (Lipinski definition) is 2. The smallest absolute Gasteiger partial charge is 0.245 e. The average Bonchev–Trinajstić information content (AvgIpc) is 3.24. The third-order valence-electron chi connectivity index (χ3n) is 6.07. The number of fused-ring (bicyclic) bond motifs is 1. The number of aryl methyl sites for hydroxylation is 1. The minimum Gasteiger partial charge on any atom is -0.354 e. The largest absolute Gasteiger partial charge is 0.354 e. The predicted molar refractivity (Wildman–Crippen MR) is 153 cm³/mol. The van der Waals surface area contributed by atoms with Gasteiger partial charge in [0.15, 0.2) is 20.9 Å². The van der Waals surface area contributed by atoms with E-state index in [4.69, 9.17) is 5.14 Å². The molecule has 4 aromatic rings. The number of sulfonamides is 1. The third-order valence-corrected chi connectivity index (χ3v) is 9.97. The summed E-state index contributed by atoms with van der Waals surface area (Å²) in [6.07, 6.45) is 0. The van der Waals surface area contributed by atoms with E-state index in [1.807, 2.05) is 31.2 Å². The van der Waals surface area contributed by atoms with Crippen molar-refractivity contribution >= 4 is 53.1 Å². The van der Waals surface area contributed by atoms with Crippen LogP contribution in [0.3, 0.4) is 0 Å². The number of carbonyl (C=O) groups excluding carboxylic acids is 2. The predicted octanol–water partition coefficient (Wildman–Crippen LogP) is 3.54. The molecule has 204 valence electrons. The number of hydrogen-bond acceptors (Lipinski definition) is 8. The fourth-order valence-electron chi connectivity index (χ4n) is 4.13. The highest BCUT2D eigenvalue weighted by atomic mass is 32.2. The van der Waals surface area contributed by atoms with Crippen LogP contribution < -0.4 is 10.5 Å². The molecule has 9 nitrogen and oxygen atoms in total. The molecule has 4 rings (SSSR count). The van der Waals surface area contributed by atoms with Gasteiger partial charge in [-0.15, -0.1) is 11.3 Å². The molecule has 0 aliphatic heterocycles. The molecule has 1 heterocycles. The highest BCUT2D eigenvalue weighted by molar-refractivity contribution is 7.91. The summed E-state index contributed by atoms with van der Waals surface area (Å²) in [6, 6.07) is 19.4. The number of primary sulfonamides is 1. The van der Waals surface area contributed by atoms with Crippen molar-refractivity contribution in [2.75, 3.05) is 12.3 Å². The standard InChI is InChI=1S/C27H27N3O6S3/c1-17-14-23-24(15-22(17)21-10-8-20(9-11-21)18(2)31)37-27(30-23)25(26(32)29-12-13-39(28,35)36)38(33,34)16-19-6-4-3-5-7-19/h3-11,14-15,25H,12-13,16H2,1-2H3,(H,29,32)(H2,28,35,36). The SMILES string of the molecule is CC(=O)c1ccc(-c2cc3sc(C(C(=O)NCCS(N)(=O)=O)S(=O)(=O)Cc4ccccc4)nc3cc2C)cc1. The van der Waals surface area contributed by atoms with Crippen LogP contribution in [-0.4, -0.2) is 45.8 Å². The number of benzene rings is 3. The van der Waals surface area contributed by atoms with Crippen LogP contribution in [0.15, 0.2) is 66.7 Å². The fraction of sp³-hybridized carbons (Fsp3) is 0.222. The average molecular weight is 586 g/mol. The van der Waals surface area contributed by atoms with Gasteiger partial charge in [-0.05, 0) is 48.2 Å². The highest BCUT2D eigenvalue weighted by Gasteiger charge is 2.37. The van der Waals surface area contributed by atoms with Gasteiger partial charge in [-0.25, -0.2) is 27.0 Å². The molecule has 0 aliphatic rings. The molecule has 0 fully saturated rings. The molecule has 0 bridgehead atoms. The number of nitrogens with zero attached hydrogens (tertiary/aromatic N) is 1. The quantitative estimate of drug-likeness (QED) is 0.270. The van der Waals surface area contributed by atoms with E-state index in [0.717, 1.165) is 28.0 Å². The molecule has 3 aromatic carbocycles. The molecular formula is C27H27N3O6S3. The van der Waals surface area contributed by atoms with Crippen molar-refractivity contribution in [3.63, 3.8) is 0 Å². The van der Waals surface area contributed by atoms with E-state index < -0.39 is 42.5 Å². The van der Waals surface area contributed by atoms with Gasteiger partial charge in [0, 0.05) is 12.1 Å². The Morgan fingerprint density at radius 3 is 2.28 bits per heavy atom. The molecule has 0 saturated heterocycles. The lowest BCUT2D eigenvalue weighted by Gasteiger charge is -2.15. The summed E-state index contributed by atoms with van der Waals surface area (Å²) in [5.74, 6) is -1.84. The van der Waals surface area contributed by atoms with Crippen LogP contribution in [-0.2, 0) is 30.4 Å². The van der Waals surface area contributed by atoms with Crippen molar-refractivity contribution in [1.29, 1.82) is 0 Å². The van der Waals surface area contributed by atoms with Crippen molar-refractivity contribution < 1.29 is 26.4 Å². The molecule has 39 heavy (non-hydrogen) atoms. The number of ketones is 1. The molecule has 3 N–H and O–H groups in total. The number of rotatable bonds is 10. The van der Waals surface area contributed by atoms with Gasteiger partial charge in [-0.1, -0.05) is 54.6 Å². The number of nitrogens with one attached hydrogen (secondary N) is 1. The van der Waals surface area contributed by atoms with E-state index in [0.29, 0.717) is 21.3 Å². The van der Waals surface area contributed by atoms with E-state index in [1.165, 1.54) is 6.92 Å². The Bertz CT molecular complexity index is 1750. The third kappa shape index (κ3) is 6.95. The van der Waals surface area contributed by atoms with Crippen LogP contribution in [0, 0.1) is 6.92 Å². The van der Waals surface area contributed by atoms with E-state index >= 15 is 0 Å². The number of thiazole rings is 1. The lowest BCUT2D eigenvalue weighted by atomic mass is 9.98. The van der Waals surface area contributed by atoms with Crippen molar-refractivity contribution in [3.05, 3.63) is 88.4 Å². The van der Waals surface area contributed by atoms with Gasteiger partial charge in [-0.2, -0.15) is 0 Å². The first kappa shape index (κ1) is 28.6. The van der Waals surface area contributed by atoms with Gasteiger partial charge in [0.05, 0.1) is 21.7 Å². The van der Waals surface area contributed by atoms with Crippen molar-refractivity contribution in [1.82, 2.24) is 10.3 Å². The van der Waals surface area contributed by atoms with Crippen LogP contribution in [0.5, 0.6) is 0 Å². The number of amides is 1. The second-order valence-electron chi connectivity index (χ2n) is 9.15. The van der Waals surface area contributed by atoms with Crippen molar-refractivity contribution in [2.45, 2.75) is 24.9 Å². The van der Waals surface area contributed by atoms with Gasteiger partial charge in [-0.3, -0.25) is 9.59 Å². The Morgan fingerprint density at radius 2 is 1.67 bits per heavy atom. The Balaban J connectivity index is 1.74. The summed E-state index contributed by atoms with van der Waals surface area (Å²) in [6.45, 7) is 3.06. The van der Waals surface area contributed by atoms with Crippen molar-refractivity contribution in [3.8, 4) is 11.1 Å². The number of nitrogens with two attached hydrogens (primary N) is 1. The van der Waals surface area contributed by atoms with Crippen LogP contribution >= 0.6 is 11.3 Å². The topological polar surface area (TPSA) is 153 Å². The van der Waals surface area contributed by atoms with Crippen molar-refractivity contribution in [2.24, 2.45) is 5.14 Å². The zero-order valence-corrected chi connectivity index (χ0v) is 23.7. The number of Topliss-reactive ketones (excluding diaryl/α,β-unsaturated/α-hetero) is 1. The van der Waals surface area contributed by atoms with Gasteiger partial charge in [0.25, 0.3) is 0 Å². The molecule has 0 aliphatic carbocycles. The molecule has 0 spiro atoms. The van der Waals surface area contributed by atoms with Crippen LogP contribution in [0.25, 0.3) is 21.3 Å². The molecule has 1 unspecified atom stereocenters. The molecule has 0 saturated carbocycles. The number of carbonyl (C=O) groups is 2. The van der Waals surface area contributed by atoms with E-state index in [2.05, 4.69) is 10.3 Å². The first-order valence-electron chi connectivity index (χ1n) is 11.9. The number of sulfone groups is 1. The second kappa shape index (κ2) is 11.3. The highest BCUT2D eigenvalue weighted by Crippen LogP contribution is 2.36. The lowest BCUT2D eigenvalue weighted by molar-refractivity contribution is -0.120. The van der Waals surface area contributed by atoms with E-state index in [9.17, 15) is 26.4 Å². The molecule has 1 atom stereocenters. The fourth-order valence-corrected chi connectivity index (χ4v) is 7.66. The minimum absolute atomic E-state index is 0.0362. The van der Waals surface area contributed by atoms with Gasteiger partial charge in [0.2, 0.25) is 15.9 Å². The van der Waals surface area contributed by atoms with Gasteiger partial charge < -0.3 is 5.32 Å². The summed E-state index contributed by atoms with van der Waals surface area (Å²) in [5, 5.41) is 5.86. The maximum atomic E-state index is 13.6. The Morgan fingerprint density at radius 1 is 1.00 bits per heavy atom. The molecule has 1 amide bonds. The van der Waals surface area contributed by atoms with E-state index in [1.54, 1.807) is 42.5 Å². The summed E-state index contributed by atoms with van der Waals surface area (Å²) < 4.78 is 50.4. The van der Waals surface area contributed by atoms with Gasteiger partial charge in [0.1, 0.15) is 5.01 Å². The summed E-state index contributed by atoms with van der Waals surface area (Å²) in [5.41, 5.74) is 4.29. The first-order chi connectivity index (χ1) is 18.3. The maximum absolute atomic E-state index is 13.6. The van der Waals surface area contributed by atoms with Crippen LogP contribution in [0.2, 0.25) is 0 Å². The van der Waals surface area contributed by atoms with Crippen LogP contribution in [0.1, 0.15) is 38.7 Å². The summed E-state index contributed by atoms with van der Waals surface area (Å²) in [7, 11) is -7.96. The maximum Gasteiger partial charge on any atom is 0.245 e. The zero-order chi connectivity index (χ0) is 28.4. The normalized spacial score (nSPS) is 12.8. The Hall–Kier alpha value is -3.45.